The molecular weight excluding hydrogens is 346 g/mol. The smallest absolute Gasteiger partial charge is 0.322 e. The van der Waals surface area contributed by atoms with Gasteiger partial charge < -0.3 is 14.8 Å². The third-order valence-electron chi connectivity index (χ3n) is 4.82. The van der Waals surface area contributed by atoms with Crippen LogP contribution in [-0.4, -0.2) is 22.0 Å². The van der Waals surface area contributed by atoms with Crippen molar-refractivity contribution in [2.45, 2.75) is 39.3 Å². The Morgan fingerprint density at radius 1 is 0.929 bits per heavy atom. The lowest BCUT2D eigenvalue weighted by Gasteiger charge is -2.24. The minimum atomic E-state index is -0.0465. The van der Waals surface area contributed by atoms with Crippen LogP contribution in [0.15, 0.2) is 79.0 Å². The van der Waals surface area contributed by atoms with Gasteiger partial charge in [0.25, 0.3) is 0 Å². The lowest BCUT2D eigenvalue weighted by atomic mass is 10.2. The largest absolute Gasteiger partial charge is 0.345 e. The molecular formula is C24H29N3O. The molecule has 3 rings (SSSR count). The van der Waals surface area contributed by atoms with Crippen molar-refractivity contribution in [2.24, 2.45) is 0 Å². The highest BCUT2D eigenvalue weighted by Gasteiger charge is 2.16. The van der Waals surface area contributed by atoms with Crippen molar-refractivity contribution in [1.29, 1.82) is 0 Å². The second-order valence-electron chi connectivity index (χ2n) is 7.04. The lowest BCUT2D eigenvalue weighted by molar-refractivity contribution is 0.206. The average molecular weight is 376 g/mol. The maximum atomic E-state index is 12.9. The molecule has 1 N–H and O–H groups in total. The number of carbonyl (C=O) groups is 1. The van der Waals surface area contributed by atoms with E-state index in [2.05, 4.69) is 59.4 Å². The number of urea groups is 1. The van der Waals surface area contributed by atoms with Gasteiger partial charge in [0.05, 0.1) is 6.54 Å². The molecule has 0 aliphatic carbocycles. The zero-order valence-electron chi connectivity index (χ0n) is 16.6. The molecule has 4 nitrogen and oxygen atoms in total. The molecule has 1 heterocycles. The van der Waals surface area contributed by atoms with E-state index in [9.17, 15) is 4.79 Å². The quantitative estimate of drug-likeness (QED) is 0.474. The van der Waals surface area contributed by atoms with Crippen LogP contribution in [0.5, 0.6) is 0 Å². The second kappa shape index (κ2) is 10.4. The molecule has 4 heteroatoms. The second-order valence-corrected chi connectivity index (χ2v) is 7.04. The predicted octanol–water partition coefficient (Wildman–Crippen LogP) is 5.76. The summed E-state index contributed by atoms with van der Waals surface area (Å²) < 4.78 is 2.22. The van der Waals surface area contributed by atoms with Gasteiger partial charge in [-0.25, -0.2) is 4.79 Å². The number of nitrogens with zero attached hydrogens (tertiary/aromatic N) is 2. The maximum Gasteiger partial charge on any atom is 0.322 e. The van der Waals surface area contributed by atoms with Crippen LogP contribution in [0.4, 0.5) is 10.5 Å². The molecule has 0 saturated carbocycles. The number of hydrogen-bond acceptors (Lipinski definition) is 1. The van der Waals surface area contributed by atoms with E-state index in [0.29, 0.717) is 6.54 Å². The van der Waals surface area contributed by atoms with E-state index < -0.39 is 0 Å². The summed E-state index contributed by atoms with van der Waals surface area (Å²) in [6.45, 7) is 4.34. The predicted molar refractivity (Wildman–Crippen MR) is 115 cm³/mol. The molecule has 0 bridgehead atoms. The van der Waals surface area contributed by atoms with Crippen molar-refractivity contribution in [2.75, 3.05) is 11.9 Å². The van der Waals surface area contributed by atoms with Crippen LogP contribution < -0.4 is 5.32 Å². The Morgan fingerprint density at radius 3 is 2.36 bits per heavy atom. The van der Waals surface area contributed by atoms with E-state index in [1.54, 1.807) is 0 Å². The molecule has 0 fully saturated rings. The highest BCUT2D eigenvalue weighted by molar-refractivity contribution is 5.89. The summed E-state index contributed by atoms with van der Waals surface area (Å²) >= 11 is 0. The van der Waals surface area contributed by atoms with Crippen LogP contribution in [0.25, 0.3) is 0 Å². The highest BCUT2D eigenvalue weighted by atomic mass is 16.2. The van der Waals surface area contributed by atoms with Gasteiger partial charge >= 0.3 is 6.03 Å². The van der Waals surface area contributed by atoms with Crippen LogP contribution in [-0.2, 0) is 13.1 Å². The summed E-state index contributed by atoms with van der Waals surface area (Å²) in [7, 11) is 0. The van der Waals surface area contributed by atoms with Gasteiger partial charge in [0.1, 0.15) is 0 Å². The number of benzene rings is 2. The van der Waals surface area contributed by atoms with Crippen LogP contribution in [0.1, 0.15) is 37.4 Å². The minimum absolute atomic E-state index is 0.0465. The van der Waals surface area contributed by atoms with Crippen LogP contribution >= 0.6 is 0 Å². The Kier molecular flexibility index (Phi) is 7.30. The molecule has 0 unspecified atom stereocenters. The first-order valence-electron chi connectivity index (χ1n) is 10.0. The summed E-state index contributed by atoms with van der Waals surface area (Å²) in [5.41, 5.74) is 3.22. The molecule has 0 aliphatic rings. The van der Waals surface area contributed by atoms with Crippen molar-refractivity contribution in [3.05, 3.63) is 90.3 Å². The number of para-hydroxylation sites is 1. The first kappa shape index (κ1) is 19.7. The zero-order valence-corrected chi connectivity index (χ0v) is 16.6. The lowest BCUT2D eigenvalue weighted by Crippen LogP contribution is -2.36. The minimum Gasteiger partial charge on any atom is -0.345 e. The van der Waals surface area contributed by atoms with E-state index in [0.717, 1.165) is 43.7 Å². The number of hydrogen-bond donors (Lipinski definition) is 1. The standard InChI is InChI=1S/C24H29N3O/c1-2-3-10-17-27(24(28)25-22-14-8-5-9-15-22)20-23-16-11-18-26(23)19-21-12-6-4-7-13-21/h4-9,11-16,18H,2-3,10,17,19-20H2,1H3,(H,25,28). The molecule has 1 aromatic heterocycles. The molecule has 2 amide bonds. The average Bonchev–Trinajstić information content (AvgIpc) is 3.15. The monoisotopic (exact) mass is 375 g/mol. The van der Waals surface area contributed by atoms with Crippen LogP contribution in [0.2, 0.25) is 0 Å². The van der Waals surface area contributed by atoms with E-state index >= 15 is 0 Å². The van der Waals surface area contributed by atoms with Crippen molar-refractivity contribution in [3.63, 3.8) is 0 Å². The molecule has 3 aromatic rings. The Hall–Kier alpha value is -3.01. The van der Waals surface area contributed by atoms with Crippen molar-refractivity contribution in [3.8, 4) is 0 Å². The number of carbonyl (C=O) groups excluding carboxylic acids is 1. The Morgan fingerprint density at radius 2 is 1.64 bits per heavy atom. The normalized spacial score (nSPS) is 10.6. The van der Waals surface area contributed by atoms with E-state index in [-0.39, 0.29) is 6.03 Å². The molecule has 2 aromatic carbocycles. The third kappa shape index (κ3) is 5.74. The fourth-order valence-electron chi connectivity index (χ4n) is 3.25. The molecule has 0 radical (unpaired) electrons. The third-order valence-corrected chi connectivity index (χ3v) is 4.82. The summed E-state index contributed by atoms with van der Waals surface area (Å²) in [6, 6.07) is 24.2. The van der Waals surface area contributed by atoms with Gasteiger partial charge in [-0.05, 0) is 36.2 Å². The number of anilines is 1. The number of rotatable bonds is 9. The van der Waals surface area contributed by atoms with Crippen LogP contribution in [0.3, 0.4) is 0 Å². The van der Waals surface area contributed by atoms with Gasteiger partial charge in [-0.15, -0.1) is 0 Å². The molecule has 0 atom stereocenters. The molecule has 28 heavy (non-hydrogen) atoms. The molecule has 0 saturated heterocycles. The van der Waals surface area contributed by atoms with Crippen molar-refractivity contribution < 1.29 is 4.79 Å². The number of aromatic nitrogens is 1. The Balaban J connectivity index is 1.70. The molecule has 0 aliphatic heterocycles. The van der Waals surface area contributed by atoms with Crippen molar-refractivity contribution in [1.82, 2.24) is 9.47 Å². The SMILES string of the molecule is CCCCCN(Cc1cccn1Cc1ccccc1)C(=O)Nc1ccccc1. The summed E-state index contributed by atoms with van der Waals surface area (Å²) in [5.74, 6) is 0. The van der Waals surface area contributed by atoms with E-state index in [1.807, 2.05) is 41.3 Å². The molecule has 0 spiro atoms. The van der Waals surface area contributed by atoms with Gasteiger partial charge in [-0.2, -0.15) is 0 Å². The summed E-state index contributed by atoms with van der Waals surface area (Å²) in [5, 5.41) is 3.03. The topological polar surface area (TPSA) is 37.3 Å². The first-order valence-corrected chi connectivity index (χ1v) is 10.0. The van der Waals surface area contributed by atoms with Crippen LogP contribution in [0, 0.1) is 0 Å². The Bertz CT molecular complexity index is 843. The molecule has 146 valence electrons. The van der Waals surface area contributed by atoms with Gasteiger partial charge in [-0.3, -0.25) is 0 Å². The van der Waals surface area contributed by atoms with Gasteiger partial charge in [0, 0.05) is 30.7 Å². The van der Waals surface area contributed by atoms with E-state index in [1.165, 1.54) is 5.56 Å². The number of nitrogens with one attached hydrogen (secondary N) is 1. The first-order chi connectivity index (χ1) is 13.8. The fraction of sp³-hybridized carbons (Fsp3) is 0.292. The van der Waals surface area contributed by atoms with Gasteiger partial charge in [0.15, 0.2) is 0 Å². The van der Waals surface area contributed by atoms with E-state index in [4.69, 9.17) is 0 Å². The zero-order chi connectivity index (χ0) is 19.6. The number of amides is 2. The Labute approximate surface area is 167 Å². The summed E-state index contributed by atoms with van der Waals surface area (Å²) in [6.07, 6.45) is 5.36. The summed E-state index contributed by atoms with van der Waals surface area (Å²) in [4.78, 5) is 14.8. The fourth-order valence-corrected chi connectivity index (χ4v) is 3.25. The van der Waals surface area contributed by atoms with Crippen molar-refractivity contribution >= 4 is 11.7 Å². The van der Waals surface area contributed by atoms with Gasteiger partial charge in [0.2, 0.25) is 0 Å². The highest BCUT2D eigenvalue weighted by Crippen LogP contribution is 2.14. The number of unbranched alkanes of at least 4 members (excludes halogenated alkanes) is 2. The van der Waals surface area contributed by atoms with Gasteiger partial charge in [-0.1, -0.05) is 68.3 Å². The maximum absolute atomic E-state index is 12.9.